The van der Waals surface area contributed by atoms with Gasteiger partial charge in [0.05, 0.1) is 0 Å². The minimum Gasteiger partial charge on any atom is -0.507 e. The summed E-state index contributed by atoms with van der Waals surface area (Å²) in [6.45, 7) is 6.23. The summed E-state index contributed by atoms with van der Waals surface area (Å²) in [5.74, 6) is 1.20. The van der Waals surface area contributed by atoms with Gasteiger partial charge in [-0.3, -0.25) is 4.90 Å². The Morgan fingerprint density at radius 2 is 1.86 bits per heavy atom. The first-order chi connectivity index (χ1) is 9.16. The second-order valence-electron chi connectivity index (χ2n) is 5.73. The molecule has 0 amide bonds. The molecule has 0 aromatic heterocycles. The molecule has 1 aromatic carbocycles. The Labute approximate surface area is 147 Å². The molecule has 1 aromatic rings. The number of phenols is 1. The van der Waals surface area contributed by atoms with Crippen LogP contribution in [-0.4, -0.2) is 36.2 Å². The molecule has 2 aliphatic rings. The molecule has 1 saturated carbocycles. The van der Waals surface area contributed by atoms with Crippen molar-refractivity contribution in [1.29, 1.82) is 0 Å². The maximum atomic E-state index is 10.4. The summed E-state index contributed by atoms with van der Waals surface area (Å²) in [4.78, 5) is 2.54. The van der Waals surface area contributed by atoms with Gasteiger partial charge in [0.15, 0.2) is 0 Å². The zero-order valence-corrected chi connectivity index (χ0v) is 15.4. The fourth-order valence-electron chi connectivity index (χ4n) is 3.11. The maximum absolute atomic E-state index is 10.4. The van der Waals surface area contributed by atoms with Crippen LogP contribution in [0.15, 0.2) is 16.6 Å². The summed E-state index contributed by atoms with van der Waals surface area (Å²) in [5.41, 5.74) is 2.07. The van der Waals surface area contributed by atoms with Crippen LogP contribution in [-0.2, 0) is 0 Å². The Bertz CT molecular complexity index is 477. The van der Waals surface area contributed by atoms with Gasteiger partial charge in [-0.1, -0.05) is 15.9 Å². The van der Waals surface area contributed by atoms with Crippen molar-refractivity contribution in [3.63, 3.8) is 0 Å². The van der Waals surface area contributed by atoms with E-state index < -0.39 is 0 Å². The number of piperazine rings is 1. The first-order valence-electron chi connectivity index (χ1n) is 7.10. The van der Waals surface area contributed by atoms with Crippen LogP contribution in [0.1, 0.15) is 30.0 Å². The van der Waals surface area contributed by atoms with Gasteiger partial charge in [0, 0.05) is 42.3 Å². The van der Waals surface area contributed by atoms with E-state index in [1.807, 2.05) is 13.0 Å². The van der Waals surface area contributed by atoms with Gasteiger partial charge in [-0.15, -0.1) is 24.8 Å². The molecule has 1 saturated heterocycles. The summed E-state index contributed by atoms with van der Waals surface area (Å²) in [5, 5.41) is 13.8. The van der Waals surface area contributed by atoms with E-state index in [0.717, 1.165) is 47.7 Å². The average Bonchev–Trinajstić information content (AvgIpc) is 3.21. The highest BCUT2D eigenvalue weighted by molar-refractivity contribution is 9.10. The molecule has 1 heterocycles. The second kappa shape index (κ2) is 8.02. The Hall–Kier alpha value is -0.000000000000000111. The molecule has 0 radical (unpaired) electrons. The van der Waals surface area contributed by atoms with E-state index >= 15 is 0 Å². The van der Waals surface area contributed by atoms with Crippen molar-refractivity contribution in [3.05, 3.63) is 27.7 Å². The average molecular weight is 398 g/mol. The highest BCUT2D eigenvalue weighted by Crippen LogP contribution is 2.48. The molecule has 0 bridgehead atoms. The van der Waals surface area contributed by atoms with Gasteiger partial charge in [-0.25, -0.2) is 0 Å². The third kappa shape index (κ3) is 4.26. The molecule has 2 fully saturated rings. The van der Waals surface area contributed by atoms with Gasteiger partial charge < -0.3 is 10.4 Å². The lowest BCUT2D eigenvalue weighted by Crippen LogP contribution is -2.45. The van der Waals surface area contributed by atoms with Crippen LogP contribution in [0, 0.1) is 12.8 Å². The summed E-state index contributed by atoms with van der Waals surface area (Å²) in [6.07, 6.45) is 2.58. The first kappa shape index (κ1) is 19.0. The molecule has 6 heteroatoms. The summed E-state index contributed by atoms with van der Waals surface area (Å²) in [6, 6.07) is 4.48. The molecule has 1 aliphatic carbocycles. The van der Waals surface area contributed by atoms with Gasteiger partial charge in [-0.05, 0) is 43.4 Å². The van der Waals surface area contributed by atoms with Crippen LogP contribution in [0.4, 0.5) is 0 Å². The number of hydrogen-bond acceptors (Lipinski definition) is 3. The summed E-state index contributed by atoms with van der Waals surface area (Å²) >= 11 is 3.57. The smallest absolute Gasteiger partial charge is 0.123 e. The molecular formula is C15H23BrCl2N2O. The van der Waals surface area contributed by atoms with Crippen LogP contribution in [0.3, 0.4) is 0 Å². The van der Waals surface area contributed by atoms with Crippen LogP contribution in [0.2, 0.25) is 0 Å². The molecule has 120 valence electrons. The number of aryl methyl sites for hydroxylation is 1. The number of halogens is 3. The number of benzene rings is 1. The lowest BCUT2D eigenvalue weighted by Gasteiger charge is -2.36. The molecule has 1 aliphatic heterocycles. The van der Waals surface area contributed by atoms with Gasteiger partial charge >= 0.3 is 0 Å². The molecule has 0 spiro atoms. The van der Waals surface area contributed by atoms with Crippen LogP contribution in [0.25, 0.3) is 0 Å². The fraction of sp³-hybridized carbons (Fsp3) is 0.600. The monoisotopic (exact) mass is 396 g/mol. The molecule has 21 heavy (non-hydrogen) atoms. The zero-order valence-electron chi connectivity index (χ0n) is 12.1. The Morgan fingerprint density at radius 3 is 2.43 bits per heavy atom. The van der Waals surface area contributed by atoms with Crippen LogP contribution in [0.5, 0.6) is 5.75 Å². The molecule has 3 nitrogen and oxygen atoms in total. The minimum atomic E-state index is 0. The third-order valence-corrected chi connectivity index (χ3v) is 4.68. The summed E-state index contributed by atoms with van der Waals surface area (Å²) in [7, 11) is 0. The third-order valence-electron chi connectivity index (χ3n) is 4.23. The SMILES string of the molecule is Cc1cc(Br)cc([C@H](C2CC2)N2CCNCC2)c1O.Cl.Cl. The van der Waals surface area contributed by atoms with Gasteiger partial charge in [-0.2, -0.15) is 0 Å². The van der Waals surface area contributed by atoms with E-state index in [9.17, 15) is 5.11 Å². The quantitative estimate of drug-likeness (QED) is 0.816. The van der Waals surface area contributed by atoms with Crippen molar-refractivity contribution >= 4 is 40.7 Å². The van der Waals surface area contributed by atoms with Gasteiger partial charge in [0.1, 0.15) is 5.75 Å². The molecular weight excluding hydrogens is 375 g/mol. The van der Waals surface area contributed by atoms with E-state index in [1.165, 1.54) is 12.8 Å². The van der Waals surface area contributed by atoms with Crippen molar-refractivity contribution in [2.24, 2.45) is 5.92 Å². The zero-order chi connectivity index (χ0) is 13.4. The molecule has 1 atom stereocenters. The van der Waals surface area contributed by atoms with E-state index in [-0.39, 0.29) is 24.8 Å². The Morgan fingerprint density at radius 1 is 1.24 bits per heavy atom. The van der Waals surface area contributed by atoms with Crippen molar-refractivity contribution < 1.29 is 5.11 Å². The number of rotatable bonds is 3. The standard InChI is InChI=1S/C15H21BrN2O.2ClH/c1-10-8-12(16)9-13(15(10)19)14(11-2-3-11)18-6-4-17-5-7-18;;/h8-9,11,14,17,19H,2-7H2,1H3;2*1H/t14-;;/m0../s1. The van der Waals surface area contributed by atoms with Gasteiger partial charge in [0.25, 0.3) is 0 Å². The summed E-state index contributed by atoms with van der Waals surface area (Å²) < 4.78 is 1.07. The lowest BCUT2D eigenvalue weighted by molar-refractivity contribution is 0.153. The lowest BCUT2D eigenvalue weighted by atomic mass is 9.97. The number of nitrogens with zero attached hydrogens (tertiary/aromatic N) is 1. The normalized spacial score (nSPS) is 20.3. The maximum Gasteiger partial charge on any atom is 0.123 e. The minimum absolute atomic E-state index is 0. The number of phenolic OH excluding ortho intramolecular Hbond substituents is 1. The molecule has 0 unspecified atom stereocenters. The van der Waals surface area contributed by atoms with E-state index in [2.05, 4.69) is 32.2 Å². The topological polar surface area (TPSA) is 35.5 Å². The Kier molecular flexibility index (Phi) is 7.28. The van der Waals surface area contributed by atoms with E-state index in [1.54, 1.807) is 0 Å². The highest BCUT2D eigenvalue weighted by Gasteiger charge is 2.38. The number of aromatic hydroxyl groups is 1. The Balaban J connectivity index is 0.00000110. The first-order valence-corrected chi connectivity index (χ1v) is 7.90. The van der Waals surface area contributed by atoms with Crippen molar-refractivity contribution in [2.45, 2.75) is 25.8 Å². The predicted octanol–water partition coefficient (Wildman–Crippen LogP) is 3.66. The van der Waals surface area contributed by atoms with E-state index in [4.69, 9.17) is 0 Å². The number of nitrogens with one attached hydrogen (secondary N) is 1. The number of hydrogen-bond donors (Lipinski definition) is 2. The molecule has 2 N–H and O–H groups in total. The fourth-order valence-corrected chi connectivity index (χ4v) is 3.70. The van der Waals surface area contributed by atoms with E-state index in [0.29, 0.717) is 11.8 Å². The van der Waals surface area contributed by atoms with Crippen molar-refractivity contribution in [1.82, 2.24) is 10.2 Å². The van der Waals surface area contributed by atoms with Crippen LogP contribution < -0.4 is 5.32 Å². The van der Waals surface area contributed by atoms with Crippen molar-refractivity contribution in [2.75, 3.05) is 26.2 Å². The van der Waals surface area contributed by atoms with Crippen LogP contribution >= 0.6 is 40.7 Å². The second-order valence-corrected chi connectivity index (χ2v) is 6.64. The highest BCUT2D eigenvalue weighted by atomic mass is 79.9. The predicted molar refractivity (Wildman–Crippen MR) is 94.9 cm³/mol. The van der Waals surface area contributed by atoms with Gasteiger partial charge in [0.2, 0.25) is 0 Å². The largest absolute Gasteiger partial charge is 0.507 e. The van der Waals surface area contributed by atoms with Crippen molar-refractivity contribution in [3.8, 4) is 5.75 Å². The molecule has 3 rings (SSSR count).